The first kappa shape index (κ1) is 13.9. The number of nitrogens with one attached hydrogen (secondary N) is 2. The highest BCUT2D eigenvalue weighted by Crippen LogP contribution is 2.14. The van der Waals surface area contributed by atoms with Crippen LogP contribution in [0.25, 0.3) is 0 Å². The normalized spacial score (nSPS) is 16.8. The van der Waals surface area contributed by atoms with Crippen molar-refractivity contribution in [3.05, 3.63) is 35.4 Å². The third-order valence-corrected chi connectivity index (χ3v) is 3.32. The van der Waals surface area contributed by atoms with E-state index in [0.717, 1.165) is 13.1 Å². The molecule has 1 aliphatic heterocycles. The van der Waals surface area contributed by atoms with E-state index in [1.807, 2.05) is 0 Å². The topological polar surface area (TPSA) is 41.1 Å². The van der Waals surface area contributed by atoms with E-state index in [0.29, 0.717) is 12.3 Å². The molecule has 0 spiro atoms. The third-order valence-electron chi connectivity index (χ3n) is 3.32. The quantitative estimate of drug-likeness (QED) is 0.852. The number of carbonyl (C=O) groups is 1. The Morgan fingerprint density at radius 2 is 2.05 bits per heavy atom. The van der Waals surface area contributed by atoms with Crippen LogP contribution in [0.5, 0.6) is 0 Å². The van der Waals surface area contributed by atoms with Crippen LogP contribution >= 0.6 is 0 Å². The van der Waals surface area contributed by atoms with Gasteiger partial charge in [-0.25, -0.2) is 8.78 Å². The standard InChI is InChI=1S/C14H18F2N2O/c1-9(18-14(19)6-10-7-17-8-10)5-11-12(15)3-2-4-13(11)16/h2-4,9-10,17H,5-8H2,1H3,(H,18,19). The molecule has 2 rings (SSSR count). The predicted octanol–water partition coefficient (Wildman–Crippen LogP) is 1.62. The maximum Gasteiger partial charge on any atom is 0.220 e. The number of amides is 1. The van der Waals surface area contributed by atoms with Crippen LogP contribution in [0.2, 0.25) is 0 Å². The minimum Gasteiger partial charge on any atom is -0.353 e. The van der Waals surface area contributed by atoms with Gasteiger partial charge in [0.15, 0.2) is 0 Å². The Hall–Kier alpha value is -1.49. The lowest BCUT2D eigenvalue weighted by Crippen LogP contribution is -2.45. The maximum atomic E-state index is 13.5. The number of hydrogen-bond acceptors (Lipinski definition) is 2. The molecule has 1 unspecified atom stereocenters. The van der Waals surface area contributed by atoms with Crippen molar-refractivity contribution in [2.24, 2.45) is 5.92 Å². The monoisotopic (exact) mass is 268 g/mol. The fourth-order valence-corrected chi connectivity index (χ4v) is 2.17. The van der Waals surface area contributed by atoms with E-state index in [1.165, 1.54) is 18.2 Å². The fraction of sp³-hybridized carbons (Fsp3) is 0.500. The van der Waals surface area contributed by atoms with Crippen molar-refractivity contribution in [1.29, 1.82) is 0 Å². The summed E-state index contributed by atoms with van der Waals surface area (Å²) in [7, 11) is 0. The molecule has 1 aliphatic rings. The largest absolute Gasteiger partial charge is 0.353 e. The first-order valence-corrected chi connectivity index (χ1v) is 6.49. The highest BCUT2D eigenvalue weighted by molar-refractivity contribution is 5.76. The molecule has 3 nitrogen and oxygen atoms in total. The molecule has 0 aliphatic carbocycles. The Morgan fingerprint density at radius 1 is 1.42 bits per heavy atom. The first-order chi connectivity index (χ1) is 9.06. The Labute approximate surface area is 111 Å². The lowest BCUT2D eigenvalue weighted by molar-refractivity contribution is -0.122. The van der Waals surface area contributed by atoms with Crippen LogP contribution in [0.15, 0.2) is 18.2 Å². The highest BCUT2D eigenvalue weighted by Gasteiger charge is 2.21. The van der Waals surface area contributed by atoms with Gasteiger partial charge in [-0.3, -0.25) is 4.79 Å². The molecule has 2 N–H and O–H groups in total. The zero-order valence-electron chi connectivity index (χ0n) is 10.9. The lowest BCUT2D eigenvalue weighted by Gasteiger charge is -2.27. The summed E-state index contributed by atoms with van der Waals surface area (Å²) >= 11 is 0. The van der Waals surface area contributed by atoms with Gasteiger partial charge in [0.2, 0.25) is 5.91 Å². The van der Waals surface area contributed by atoms with Gasteiger partial charge in [0.05, 0.1) is 0 Å². The second-order valence-electron chi connectivity index (χ2n) is 5.10. The van der Waals surface area contributed by atoms with Crippen molar-refractivity contribution in [1.82, 2.24) is 10.6 Å². The second kappa shape index (κ2) is 6.10. The summed E-state index contributed by atoms with van der Waals surface area (Å²) in [6, 6.07) is 3.51. The van der Waals surface area contributed by atoms with Crippen LogP contribution in [0.4, 0.5) is 8.78 Å². The van der Waals surface area contributed by atoms with Gasteiger partial charge in [-0.15, -0.1) is 0 Å². The molecule has 0 radical (unpaired) electrons. The van der Waals surface area contributed by atoms with Gasteiger partial charge in [-0.1, -0.05) is 6.07 Å². The minimum atomic E-state index is -0.565. The average Bonchev–Trinajstić information content (AvgIpc) is 2.29. The van der Waals surface area contributed by atoms with E-state index in [9.17, 15) is 13.6 Å². The Morgan fingerprint density at radius 3 is 2.58 bits per heavy atom. The van der Waals surface area contributed by atoms with Crippen LogP contribution in [0.3, 0.4) is 0 Å². The van der Waals surface area contributed by atoms with E-state index in [2.05, 4.69) is 10.6 Å². The molecule has 5 heteroatoms. The molecule has 104 valence electrons. The zero-order valence-corrected chi connectivity index (χ0v) is 10.9. The zero-order chi connectivity index (χ0) is 13.8. The summed E-state index contributed by atoms with van der Waals surface area (Å²) in [6.07, 6.45) is 0.629. The van der Waals surface area contributed by atoms with Gasteiger partial charge in [0.25, 0.3) is 0 Å². The Bertz CT molecular complexity index is 441. The van der Waals surface area contributed by atoms with Gasteiger partial charge in [-0.05, 0) is 44.5 Å². The molecule has 1 heterocycles. The lowest BCUT2D eigenvalue weighted by atomic mass is 9.98. The SMILES string of the molecule is CC(Cc1c(F)cccc1F)NC(=O)CC1CNC1. The van der Waals surface area contributed by atoms with Gasteiger partial charge < -0.3 is 10.6 Å². The summed E-state index contributed by atoms with van der Waals surface area (Å²) in [5, 5.41) is 5.88. The molecular weight excluding hydrogens is 250 g/mol. The van der Waals surface area contributed by atoms with E-state index in [1.54, 1.807) is 6.92 Å². The van der Waals surface area contributed by atoms with Crippen molar-refractivity contribution in [3.8, 4) is 0 Å². The molecule has 1 saturated heterocycles. The molecule has 19 heavy (non-hydrogen) atoms. The Balaban J connectivity index is 1.86. The van der Waals surface area contributed by atoms with Crippen LogP contribution in [0, 0.1) is 17.6 Å². The predicted molar refractivity (Wildman–Crippen MR) is 68.6 cm³/mol. The van der Waals surface area contributed by atoms with Gasteiger partial charge in [0, 0.05) is 18.0 Å². The molecule has 1 atom stereocenters. The minimum absolute atomic E-state index is 0.0283. The summed E-state index contributed by atoms with van der Waals surface area (Å²) in [5.41, 5.74) is 0.0283. The third kappa shape index (κ3) is 3.73. The summed E-state index contributed by atoms with van der Waals surface area (Å²) < 4.78 is 26.9. The van der Waals surface area contributed by atoms with E-state index >= 15 is 0 Å². The highest BCUT2D eigenvalue weighted by atomic mass is 19.1. The summed E-state index contributed by atoms with van der Waals surface area (Å²) in [6.45, 7) is 3.48. The number of carbonyl (C=O) groups excluding carboxylic acids is 1. The average molecular weight is 268 g/mol. The summed E-state index contributed by atoms with van der Waals surface area (Å²) in [5.74, 6) is -0.804. The maximum absolute atomic E-state index is 13.5. The molecule has 1 amide bonds. The van der Waals surface area contributed by atoms with Crippen molar-refractivity contribution < 1.29 is 13.6 Å². The van der Waals surface area contributed by atoms with Crippen molar-refractivity contribution in [2.75, 3.05) is 13.1 Å². The molecule has 1 aromatic carbocycles. The van der Waals surface area contributed by atoms with Gasteiger partial charge >= 0.3 is 0 Å². The molecule has 0 saturated carbocycles. The van der Waals surface area contributed by atoms with Crippen LogP contribution < -0.4 is 10.6 Å². The summed E-state index contributed by atoms with van der Waals surface area (Å²) in [4.78, 5) is 11.7. The van der Waals surface area contributed by atoms with E-state index in [-0.39, 0.29) is 23.9 Å². The molecule has 0 aromatic heterocycles. The first-order valence-electron chi connectivity index (χ1n) is 6.49. The van der Waals surface area contributed by atoms with Crippen molar-refractivity contribution >= 4 is 5.91 Å². The molecular formula is C14H18F2N2O. The second-order valence-corrected chi connectivity index (χ2v) is 5.10. The van der Waals surface area contributed by atoms with Crippen LogP contribution in [-0.2, 0) is 11.2 Å². The molecule has 0 bridgehead atoms. The number of rotatable bonds is 5. The van der Waals surface area contributed by atoms with Gasteiger partial charge in [0.1, 0.15) is 11.6 Å². The fourth-order valence-electron chi connectivity index (χ4n) is 2.17. The molecule has 1 aromatic rings. The van der Waals surface area contributed by atoms with Crippen molar-refractivity contribution in [3.63, 3.8) is 0 Å². The Kier molecular flexibility index (Phi) is 4.47. The number of halogens is 2. The van der Waals surface area contributed by atoms with Crippen LogP contribution in [0.1, 0.15) is 18.9 Å². The smallest absolute Gasteiger partial charge is 0.220 e. The van der Waals surface area contributed by atoms with E-state index < -0.39 is 11.6 Å². The number of benzene rings is 1. The van der Waals surface area contributed by atoms with Gasteiger partial charge in [-0.2, -0.15) is 0 Å². The molecule has 1 fully saturated rings. The number of hydrogen-bond donors (Lipinski definition) is 2. The van der Waals surface area contributed by atoms with E-state index in [4.69, 9.17) is 0 Å². The van der Waals surface area contributed by atoms with Crippen molar-refractivity contribution in [2.45, 2.75) is 25.8 Å². The van der Waals surface area contributed by atoms with Crippen LogP contribution in [-0.4, -0.2) is 25.0 Å².